The molecular formula is C64H72N2. The largest absolute Gasteiger partial charge is 0.310 e. The molecule has 7 aromatic rings. The molecule has 0 aliphatic heterocycles. The predicted octanol–water partition coefficient (Wildman–Crippen LogP) is 18.4. The van der Waals surface area contributed by atoms with Crippen molar-refractivity contribution in [3.8, 4) is 22.3 Å². The molecule has 0 radical (unpaired) electrons. The van der Waals surface area contributed by atoms with E-state index in [0.29, 0.717) is 0 Å². The average Bonchev–Trinajstić information content (AvgIpc) is 3.61. The first-order chi connectivity index (χ1) is 30.7. The third-order valence-corrected chi connectivity index (χ3v) is 14.9. The summed E-state index contributed by atoms with van der Waals surface area (Å²) in [7, 11) is 0. The third-order valence-electron chi connectivity index (χ3n) is 14.9. The van der Waals surface area contributed by atoms with E-state index in [1.54, 1.807) is 0 Å². The van der Waals surface area contributed by atoms with Crippen LogP contribution in [-0.4, -0.2) is 0 Å². The molecule has 0 bridgehead atoms. The molecule has 0 atom stereocenters. The fourth-order valence-electron chi connectivity index (χ4n) is 10.6. The Hall–Kier alpha value is -5.86. The summed E-state index contributed by atoms with van der Waals surface area (Å²) in [6, 6.07) is 56.3. The fourth-order valence-corrected chi connectivity index (χ4v) is 10.6. The van der Waals surface area contributed by atoms with Crippen LogP contribution in [0.5, 0.6) is 0 Å². The number of hydrogen-bond acceptors (Lipinski definition) is 2. The summed E-state index contributed by atoms with van der Waals surface area (Å²) < 4.78 is 0. The van der Waals surface area contributed by atoms with E-state index in [1.165, 1.54) is 101 Å². The first kappa shape index (κ1) is 45.3. The van der Waals surface area contributed by atoms with Crippen LogP contribution in [0.15, 0.2) is 146 Å². The molecule has 2 nitrogen and oxygen atoms in total. The highest BCUT2D eigenvalue weighted by Crippen LogP contribution is 2.57. The van der Waals surface area contributed by atoms with Crippen LogP contribution >= 0.6 is 0 Å². The Morgan fingerprint density at radius 3 is 0.697 bits per heavy atom. The highest BCUT2D eigenvalue weighted by Gasteiger charge is 2.42. The van der Waals surface area contributed by atoms with Crippen molar-refractivity contribution in [2.24, 2.45) is 0 Å². The van der Waals surface area contributed by atoms with Crippen LogP contribution in [0.4, 0.5) is 34.1 Å². The van der Waals surface area contributed by atoms with Gasteiger partial charge in [-0.05, 0) is 173 Å². The maximum Gasteiger partial charge on any atom is 0.0465 e. The molecule has 9 rings (SSSR count). The second kappa shape index (κ2) is 15.3. The fraction of sp³-hybridized carbons (Fsp3) is 0.344. The van der Waals surface area contributed by atoms with Crippen molar-refractivity contribution in [3.05, 3.63) is 190 Å². The Balaban J connectivity index is 1.12. The molecule has 7 aromatic carbocycles. The lowest BCUT2D eigenvalue weighted by Crippen LogP contribution is -2.18. The zero-order chi connectivity index (χ0) is 47.5. The Morgan fingerprint density at radius 1 is 0.258 bits per heavy atom. The van der Waals surface area contributed by atoms with Crippen molar-refractivity contribution in [1.82, 2.24) is 0 Å². The molecule has 0 saturated heterocycles. The van der Waals surface area contributed by atoms with Gasteiger partial charge in [0.15, 0.2) is 0 Å². The molecule has 0 saturated carbocycles. The molecule has 2 aliphatic carbocycles. The minimum atomic E-state index is -0.199. The predicted molar refractivity (Wildman–Crippen MR) is 286 cm³/mol. The van der Waals surface area contributed by atoms with Crippen LogP contribution in [-0.2, 0) is 32.5 Å². The van der Waals surface area contributed by atoms with Gasteiger partial charge in [0, 0.05) is 45.0 Å². The molecule has 2 heteroatoms. The Kier molecular flexibility index (Phi) is 10.5. The summed E-state index contributed by atoms with van der Waals surface area (Å²) in [6.07, 6.45) is 0. The van der Waals surface area contributed by atoms with Gasteiger partial charge < -0.3 is 9.80 Å². The minimum Gasteiger partial charge on any atom is -0.310 e. The highest BCUT2D eigenvalue weighted by molar-refractivity contribution is 5.92. The number of fused-ring (bicyclic) bond motifs is 6. The van der Waals surface area contributed by atoms with E-state index in [4.69, 9.17) is 0 Å². The zero-order valence-corrected chi connectivity index (χ0v) is 42.8. The topological polar surface area (TPSA) is 6.48 Å². The van der Waals surface area contributed by atoms with Crippen molar-refractivity contribution in [2.45, 2.75) is 143 Å². The SMILES string of the molecule is CC(C)(C)c1ccc(N(c2ccc(C(C)(C)C)cc2)c2ccc3c(c2)C(C)(C)c2cc4c(cc2-3)C(C)(C)c2cc(N(c3ccc(C(C)(C)C)cc3)c3ccc(C(C)(C)C)cc3)ccc2-4)cc1. The maximum absolute atomic E-state index is 2.54. The normalized spacial score (nSPS) is 14.9. The smallest absolute Gasteiger partial charge is 0.0465 e. The monoisotopic (exact) mass is 869 g/mol. The molecule has 338 valence electrons. The van der Waals surface area contributed by atoms with Gasteiger partial charge in [-0.2, -0.15) is 0 Å². The highest BCUT2D eigenvalue weighted by atomic mass is 15.1. The van der Waals surface area contributed by atoms with E-state index in [9.17, 15) is 0 Å². The summed E-state index contributed by atoms with van der Waals surface area (Å²) in [5, 5.41) is 0. The molecular weight excluding hydrogens is 797 g/mol. The van der Waals surface area contributed by atoms with E-state index >= 15 is 0 Å². The molecule has 0 N–H and O–H groups in total. The van der Waals surface area contributed by atoms with Gasteiger partial charge in [-0.3, -0.25) is 0 Å². The van der Waals surface area contributed by atoms with Crippen molar-refractivity contribution in [3.63, 3.8) is 0 Å². The van der Waals surface area contributed by atoms with E-state index in [1.807, 2.05) is 0 Å². The number of benzene rings is 7. The van der Waals surface area contributed by atoms with Crippen molar-refractivity contribution in [1.29, 1.82) is 0 Å². The summed E-state index contributed by atoms with van der Waals surface area (Å²) in [5.74, 6) is 0. The molecule has 0 heterocycles. The number of rotatable bonds is 6. The van der Waals surface area contributed by atoms with Gasteiger partial charge >= 0.3 is 0 Å². The molecule has 0 aromatic heterocycles. The first-order valence-electron chi connectivity index (χ1n) is 24.3. The van der Waals surface area contributed by atoms with Crippen molar-refractivity contribution < 1.29 is 0 Å². The second-order valence-electron chi connectivity index (χ2n) is 24.5. The van der Waals surface area contributed by atoms with Crippen molar-refractivity contribution in [2.75, 3.05) is 9.80 Å². The van der Waals surface area contributed by atoms with Crippen LogP contribution in [0.3, 0.4) is 0 Å². The first-order valence-corrected chi connectivity index (χ1v) is 24.3. The van der Waals surface area contributed by atoms with Gasteiger partial charge in [-0.15, -0.1) is 0 Å². The summed E-state index contributed by atoms with van der Waals surface area (Å²) >= 11 is 0. The zero-order valence-electron chi connectivity index (χ0n) is 42.8. The molecule has 0 spiro atoms. The van der Waals surface area contributed by atoms with Crippen LogP contribution in [0.2, 0.25) is 0 Å². The Labute approximate surface area is 397 Å². The number of hydrogen-bond donors (Lipinski definition) is 0. The molecule has 0 unspecified atom stereocenters. The van der Waals surface area contributed by atoms with Crippen LogP contribution in [0.25, 0.3) is 22.3 Å². The van der Waals surface area contributed by atoms with E-state index in [0.717, 1.165) is 0 Å². The Bertz CT molecular complexity index is 2630. The molecule has 2 aliphatic rings. The van der Waals surface area contributed by atoms with Crippen LogP contribution < -0.4 is 9.80 Å². The lowest BCUT2D eigenvalue weighted by Gasteiger charge is -2.29. The van der Waals surface area contributed by atoms with Gasteiger partial charge in [-0.1, -0.05) is 171 Å². The van der Waals surface area contributed by atoms with E-state index < -0.39 is 0 Å². The quantitative estimate of drug-likeness (QED) is 0.164. The summed E-state index contributed by atoms with van der Waals surface area (Å²) in [4.78, 5) is 4.88. The molecule has 0 fully saturated rings. The van der Waals surface area contributed by atoms with Crippen LogP contribution in [0.1, 0.15) is 155 Å². The lowest BCUT2D eigenvalue weighted by atomic mass is 9.79. The molecule has 0 amide bonds. The standard InChI is InChI=1S/C64H72N2/c1-59(2,3)41-17-25-45(26-18-41)65(46-27-19-42(20-28-46)60(4,5)6)49-33-35-51-53-39-58-54(40-57(53)63(13,14)55(51)37-49)52-36-34-50(38-56(52)64(58,15)16)66(47-29-21-43(22-30-47)61(7,8)9)48-31-23-44(24-32-48)62(10,11)12/h17-40H,1-16H3. The van der Waals surface area contributed by atoms with Gasteiger partial charge in [0.25, 0.3) is 0 Å². The minimum absolute atomic E-state index is 0.0803. The number of nitrogens with zero attached hydrogens (tertiary/aromatic N) is 2. The van der Waals surface area contributed by atoms with Gasteiger partial charge in [0.1, 0.15) is 0 Å². The maximum atomic E-state index is 2.54. The Morgan fingerprint density at radius 2 is 0.470 bits per heavy atom. The second-order valence-corrected chi connectivity index (χ2v) is 24.5. The summed E-state index contributed by atoms with van der Waals surface area (Å²) in [6.45, 7) is 37.1. The van der Waals surface area contributed by atoms with Gasteiger partial charge in [0.05, 0.1) is 0 Å². The van der Waals surface area contributed by atoms with Gasteiger partial charge in [0.2, 0.25) is 0 Å². The lowest BCUT2D eigenvalue weighted by molar-refractivity contribution is 0.590. The average molecular weight is 869 g/mol. The van der Waals surface area contributed by atoms with E-state index in [-0.39, 0.29) is 32.5 Å². The number of anilines is 6. The van der Waals surface area contributed by atoms with E-state index in [2.05, 4.69) is 266 Å². The molecule has 66 heavy (non-hydrogen) atoms. The summed E-state index contributed by atoms with van der Waals surface area (Å²) in [5.41, 5.74) is 23.2. The van der Waals surface area contributed by atoms with Crippen LogP contribution in [0, 0.1) is 0 Å². The van der Waals surface area contributed by atoms with Crippen molar-refractivity contribution >= 4 is 34.1 Å². The van der Waals surface area contributed by atoms with Gasteiger partial charge in [-0.25, -0.2) is 0 Å². The third kappa shape index (κ3) is 7.79.